The first kappa shape index (κ1) is 19.0. The summed E-state index contributed by atoms with van der Waals surface area (Å²) in [5.41, 5.74) is 10.2. The highest BCUT2D eigenvalue weighted by atomic mass is 16.2. The summed E-state index contributed by atoms with van der Waals surface area (Å²) in [5, 5.41) is 0. The number of carbonyl (C=O) groups excluding carboxylic acids is 1. The summed E-state index contributed by atoms with van der Waals surface area (Å²) in [5.74, 6) is -0.000871. The maximum absolute atomic E-state index is 12.1. The van der Waals surface area contributed by atoms with Gasteiger partial charge < -0.3 is 10.6 Å². The van der Waals surface area contributed by atoms with Gasteiger partial charge in [-0.25, -0.2) is 0 Å². The van der Waals surface area contributed by atoms with Crippen LogP contribution in [0.5, 0.6) is 0 Å². The lowest BCUT2D eigenvalue weighted by Crippen LogP contribution is -2.27. The third-order valence-electron chi connectivity index (χ3n) is 3.69. The Morgan fingerprint density at radius 3 is 2.43 bits per heavy atom. The number of allylic oxidation sites excluding steroid dienone is 6. The van der Waals surface area contributed by atoms with Crippen molar-refractivity contribution in [3.63, 3.8) is 0 Å². The molecule has 0 aromatic heterocycles. The zero-order valence-corrected chi connectivity index (χ0v) is 14.9. The molecule has 126 valence electrons. The second-order valence-corrected chi connectivity index (χ2v) is 6.42. The summed E-state index contributed by atoms with van der Waals surface area (Å²) in [6.45, 7) is 9.04. The highest BCUT2D eigenvalue weighted by Crippen LogP contribution is 2.12. The molecule has 1 rings (SSSR count). The van der Waals surface area contributed by atoms with Gasteiger partial charge in [-0.3, -0.25) is 4.79 Å². The van der Waals surface area contributed by atoms with Crippen LogP contribution in [-0.2, 0) is 4.79 Å². The molecular weight excluding hydrogens is 284 g/mol. The van der Waals surface area contributed by atoms with Crippen LogP contribution in [0.3, 0.4) is 0 Å². The van der Waals surface area contributed by atoms with Crippen LogP contribution in [0.1, 0.15) is 53.4 Å². The molecule has 2 N–H and O–H groups in total. The van der Waals surface area contributed by atoms with Crippen LogP contribution < -0.4 is 5.73 Å². The van der Waals surface area contributed by atoms with E-state index in [1.54, 1.807) is 17.2 Å². The van der Waals surface area contributed by atoms with Gasteiger partial charge in [-0.05, 0) is 59.5 Å². The predicted molar refractivity (Wildman–Crippen MR) is 98.5 cm³/mol. The van der Waals surface area contributed by atoms with E-state index in [-0.39, 0.29) is 5.91 Å². The number of amides is 1. The Kier molecular flexibility index (Phi) is 8.17. The van der Waals surface area contributed by atoms with Crippen molar-refractivity contribution < 1.29 is 4.79 Å². The highest BCUT2D eigenvalue weighted by Gasteiger charge is 2.10. The smallest absolute Gasteiger partial charge is 0.250 e. The van der Waals surface area contributed by atoms with Gasteiger partial charge in [-0.15, -0.1) is 0 Å². The third-order valence-corrected chi connectivity index (χ3v) is 3.69. The fourth-order valence-corrected chi connectivity index (χ4v) is 2.33. The summed E-state index contributed by atoms with van der Waals surface area (Å²) in [7, 11) is 0. The van der Waals surface area contributed by atoms with Gasteiger partial charge in [0, 0.05) is 24.5 Å². The molecule has 0 saturated carbocycles. The summed E-state index contributed by atoms with van der Waals surface area (Å²) in [4.78, 5) is 13.8. The third kappa shape index (κ3) is 8.24. The molecule has 1 aliphatic rings. The number of nitrogens with two attached hydrogens (primary N) is 1. The van der Waals surface area contributed by atoms with E-state index < -0.39 is 0 Å². The van der Waals surface area contributed by atoms with E-state index >= 15 is 0 Å². The van der Waals surface area contributed by atoms with Crippen molar-refractivity contribution in [3.05, 3.63) is 59.0 Å². The van der Waals surface area contributed by atoms with Gasteiger partial charge in [-0.2, -0.15) is 0 Å². The van der Waals surface area contributed by atoms with Crippen LogP contribution >= 0.6 is 0 Å². The summed E-state index contributed by atoms with van der Waals surface area (Å²) in [6, 6.07) is 0. The molecule has 3 heteroatoms. The van der Waals surface area contributed by atoms with Gasteiger partial charge in [0.15, 0.2) is 0 Å². The maximum Gasteiger partial charge on any atom is 0.250 e. The minimum absolute atomic E-state index is 0.000871. The second kappa shape index (κ2) is 9.88. The van der Waals surface area contributed by atoms with Crippen LogP contribution in [0.25, 0.3) is 0 Å². The normalized spacial score (nSPS) is 15.5. The van der Waals surface area contributed by atoms with Gasteiger partial charge in [0.25, 0.3) is 5.91 Å². The standard InChI is InChI=1S/C20H30N2O/c1-16(2)8-5-9-17(3)10-6-11-18(4)14-20(23)22-13-7-12-19(21)15-22/h7-8,10,12,14-15H,5-6,9,11,13,21H2,1-4H3. The zero-order chi connectivity index (χ0) is 17.2. The molecule has 0 saturated heterocycles. The molecule has 3 nitrogen and oxygen atoms in total. The Labute approximate surface area is 140 Å². The van der Waals surface area contributed by atoms with E-state index in [1.807, 2.05) is 19.1 Å². The molecule has 1 amide bonds. The molecule has 0 aliphatic carbocycles. The van der Waals surface area contributed by atoms with Crippen LogP contribution in [0.2, 0.25) is 0 Å². The van der Waals surface area contributed by atoms with E-state index in [0.717, 1.165) is 31.3 Å². The number of hydrogen-bond donors (Lipinski definition) is 1. The average molecular weight is 314 g/mol. The lowest BCUT2D eigenvalue weighted by Gasteiger charge is -2.18. The molecule has 0 fully saturated rings. The Balaban J connectivity index is 2.40. The van der Waals surface area contributed by atoms with Crippen molar-refractivity contribution in [2.75, 3.05) is 6.54 Å². The zero-order valence-electron chi connectivity index (χ0n) is 14.9. The molecular formula is C20H30N2O. The van der Waals surface area contributed by atoms with E-state index in [0.29, 0.717) is 12.2 Å². The summed E-state index contributed by atoms with van der Waals surface area (Å²) < 4.78 is 0. The van der Waals surface area contributed by atoms with Gasteiger partial charge in [-0.1, -0.05) is 34.9 Å². The average Bonchev–Trinajstić information content (AvgIpc) is 2.46. The minimum Gasteiger partial charge on any atom is -0.398 e. The van der Waals surface area contributed by atoms with E-state index in [4.69, 9.17) is 5.73 Å². The number of nitrogens with zero attached hydrogens (tertiary/aromatic N) is 1. The Bertz CT molecular complexity index is 558. The van der Waals surface area contributed by atoms with E-state index in [2.05, 4.69) is 32.9 Å². The lowest BCUT2D eigenvalue weighted by molar-refractivity contribution is -0.123. The van der Waals surface area contributed by atoms with E-state index in [1.165, 1.54) is 11.1 Å². The van der Waals surface area contributed by atoms with Crippen molar-refractivity contribution in [1.29, 1.82) is 0 Å². The molecule has 0 radical (unpaired) electrons. The number of hydrogen-bond acceptors (Lipinski definition) is 2. The Hall–Kier alpha value is -2.03. The second-order valence-electron chi connectivity index (χ2n) is 6.42. The Morgan fingerprint density at radius 2 is 1.78 bits per heavy atom. The molecule has 23 heavy (non-hydrogen) atoms. The molecule has 0 aromatic rings. The minimum atomic E-state index is -0.000871. The fourth-order valence-electron chi connectivity index (χ4n) is 2.33. The Morgan fingerprint density at radius 1 is 1.13 bits per heavy atom. The highest BCUT2D eigenvalue weighted by molar-refractivity contribution is 5.89. The number of rotatable bonds is 7. The first-order valence-electron chi connectivity index (χ1n) is 8.29. The monoisotopic (exact) mass is 314 g/mol. The molecule has 1 aliphatic heterocycles. The van der Waals surface area contributed by atoms with Gasteiger partial charge in [0.1, 0.15) is 0 Å². The molecule has 1 heterocycles. The molecule has 0 atom stereocenters. The number of carbonyl (C=O) groups is 1. The van der Waals surface area contributed by atoms with Crippen molar-refractivity contribution >= 4 is 5.91 Å². The van der Waals surface area contributed by atoms with Crippen LogP contribution in [0, 0.1) is 0 Å². The van der Waals surface area contributed by atoms with E-state index in [9.17, 15) is 4.79 Å². The van der Waals surface area contributed by atoms with Crippen molar-refractivity contribution in [2.45, 2.75) is 53.4 Å². The van der Waals surface area contributed by atoms with Gasteiger partial charge in [0.05, 0.1) is 0 Å². The van der Waals surface area contributed by atoms with Crippen molar-refractivity contribution in [2.24, 2.45) is 5.73 Å². The van der Waals surface area contributed by atoms with Gasteiger partial charge >= 0.3 is 0 Å². The van der Waals surface area contributed by atoms with Crippen molar-refractivity contribution in [1.82, 2.24) is 4.90 Å². The molecule has 0 spiro atoms. The maximum atomic E-state index is 12.1. The first-order chi connectivity index (χ1) is 10.9. The molecule has 0 unspecified atom stereocenters. The fraction of sp³-hybridized carbons (Fsp3) is 0.450. The summed E-state index contributed by atoms with van der Waals surface area (Å²) >= 11 is 0. The predicted octanol–water partition coefficient (Wildman–Crippen LogP) is 4.60. The first-order valence-corrected chi connectivity index (χ1v) is 8.29. The lowest BCUT2D eigenvalue weighted by atomic mass is 10.1. The molecule has 0 bridgehead atoms. The van der Waals surface area contributed by atoms with Crippen molar-refractivity contribution in [3.8, 4) is 0 Å². The van der Waals surface area contributed by atoms with Crippen LogP contribution in [0.15, 0.2) is 59.0 Å². The van der Waals surface area contributed by atoms with Crippen LogP contribution in [0.4, 0.5) is 0 Å². The largest absolute Gasteiger partial charge is 0.398 e. The quantitative estimate of drug-likeness (QED) is 0.551. The molecule has 0 aromatic carbocycles. The van der Waals surface area contributed by atoms with Crippen LogP contribution in [-0.4, -0.2) is 17.4 Å². The SMILES string of the molecule is CC(C)=CCCC(C)=CCCC(C)=CC(=O)N1C=C(N)C=CC1. The summed E-state index contributed by atoms with van der Waals surface area (Å²) in [6.07, 6.45) is 15.8. The topological polar surface area (TPSA) is 46.3 Å². The van der Waals surface area contributed by atoms with Gasteiger partial charge in [0.2, 0.25) is 0 Å².